The summed E-state index contributed by atoms with van der Waals surface area (Å²) in [6, 6.07) is 6.22. The number of nitrogens with zero attached hydrogens (tertiary/aromatic N) is 1. The molecule has 0 spiro atoms. The zero-order chi connectivity index (χ0) is 17.9. The Morgan fingerprint density at radius 2 is 2.00 bits per heavy atom. The molecule has 0 radical (unpaired) electrons. The van der Waals surface area contributed by atoms with E-state index in [0.717, 1.165) is 31.7 Å². The van der Waals surface area contributed by atoms with Crippen LogP contribution in [0, 0.1) is 12.8 Å². The summed E-state index contributed by atoms with van der Waals surface area (Å²) in [4.78, 5) is 14.6. The van der Waals surface area contributed by atoms with Gasteiger partial charge in [-0.25, -0.2) is 0 Å². The van der Waals surface area contributed by atoms with E-state index >= 15 is 0 Å². The highest BCUT2D eigenvalue weighted by Crippen LogP contribution is 2.25. The number of amides is 1. The van der Waals surface area contributed by atoms with Gasteiger partial charge >= 0.3 is 0 Å². The monoisotopic (exact) mass is 332 g/mol. The third-order valence-electron chi connectivity index (χ3n) is 5.04. The summed E-state index contributed by atoms with van der Waals surface area (Å²) in [6.45, 7) is 11.9. The molecule has 0 bridgehead atoms. The van der Waals surface area contributed by atoms with Crippen LogP contribution in [0.1, 0.15) is 57.6 Å². The normalized spacial score (nSPS) is 20.8. The SMILES string of the molecule is Cc1cc(OC(C)C(=O)N2CCCC(C(C)N)C2)ccc1C(C)C. The minimum absolute atomic E-state index is 0.0611. The molecule has 0 aliphatic carbocycles. The number of carbonyl (C=O) groups excluding carboxylic acids is 1. The van der Waals surface area contributed by atoms with Crippen molar-refractivity contribution in [3.05, 3.63) is 29.3 Å². The lowest BCUT2D eigenvalue weighted by atomic mass is 9.92. The van der Waals surface area contributed by atoms with Crippen LogP contribution in [0.4, 0.5) is 0 Å². The van der Waals surface area contributed by atoms with E-state index in [2.05, 4.69) is 26.8 Å². The average molecular weight is 332 g/mol. The van der Waals surface area contributed by atoms with Gasteiger partial charge in [0.2, 0.25) is 0 Å². The first-order chi connectivity index (χ1) is 11.3. The van der Waals surface area contributed by atoms with Crippen LogP contribution in [0.3, 0.4) is 0 Å². The van der Waals surface area contributed by atoms with Gasteiger partial charge in [-0.3, -0.25) is 4.79 Å². The van der Waals surface area contributed by atoms with Crippen molar-refractivity contribution in [1.29, 1.82) is 0 Å². The van der Waals surface area contributed by atoms with E-state index in [1.165, 1.54) is 11.1 Å². The van der Waals surface area contributed by atoms with Crippen molar-refractivity contribution in [3.8, 4) is 5.75 Å². The molecule has 1 heterocycles. The zero-order valence-corrected chi connectivity index (χ0v) is 15.7. The summed E-state index contributed by atoms with van der Waals surface area (Å²) >= 11 is 0. The molecule has 1 aliphatic rings. The summed E-state index contributed by atoms with van der Waals surface area (Å²) in [6.07, 6.45) is 1.65. The van der Waals surface area contributed by atoms with E-state index in [0.29, 0.717) is 11.8 Å². The number of piperidine rings is 1. The standard InChI is InChI=1S/C20H32N2O2/c1-13(2)19-9-8-18(11-14(19)3)24-16(5)20(23)22-10-6-7-17(12-22)15(4)21/h8-9,11,13,15-17H,6-7,10,12,21H2,1-5H3. The molecule has 1 aromatic carbocycles. The van der Waals surface area contributed by atoms with Crippen molar-refractivity contribution in [2.45, 2.75) is 65.5 Å². The van der Waals surface area contributed by atoms with Crippen molar-refractivity contribution in [2.75, 3.05) is 13.1 Å². The van der Waals surface area contributed by atoms with Gasteiger partial charge in [-0.05, 0) is 68.7 Å². The Balaban J connectivity index is 2.00. The third kappa shape index (κ3) is 4.50. The summed E-state index contributed by atoms with van der Waals surface area (Å²) in [5.74, 6) is 1.70. The van der Waals surface area contributed by atoms with Gasteiger partial charge in [0.05, 0.1) is 0 Å². The molecule has 1 saturated heterocycles. The molecule has 1 amide bonds. The number of hydrogen-bond acceptors (Lipinski definition) is 3. The van der Waals surface area contributed by atoms with E-state index in [4.69, 9.17) is 10.5 Å². The fraction of sp³-hybridized carbons (Fsp3) is 0.650. The number of carbonyl (C=O) groups is 1. The van der Waals surface area contributed by atoms with Gasteiger partial charge in [0.25, 0.3) is 5.91 Å². The fourth-order valence-electron chi connectivity index (χ4n) is 3.52. The summed E-state index contributed by atoms with van der Waals surface area (Å²) in [7, 11) is 0. The highest BCUT2D eigenvalue weighted by Gasteiger charge is 2.29. The highest BCUT2D eigenvalue weighted by molar-refractivity contribution is 5.81. The van der Waals surface area contributed by atoms with E-state index in [9.17, 15) is 4.79 Å². The maximum absolute atomic E-state index is 12.7. The number of hydrogen-bond donors (Lipinski definition) is 1. The Morgan fingerprint density at radius 1 is 1.29 bits per heavy atom. The Bertz CT molecular complexity index is 569. The topological polar surface area (TPSA) is 55.6 Å². The molecule has 3 unspecified atom stereocenters. The van der Waals surface area contributed by atoms with Gasteiger partial charge < -0.3 is 15.4 Å². The van der Waals surface area contributed by atoms with Crippen molar-refractivity contribution in [2.24, 2.45) is 11.7 Å². The van der Waals surface area contributed by atoms with Crippen LogP contribution >= 0.6 is 0 Å². The molecule has 4 nitrogen and oxygen atoms in total. The fourth-order valence-corrected chi connectivity index (χ4v) is 3.52. The summed E-state index contributed by atoms with van der Waals surface area (Å²) in [5.41, 5.74) is 8.54. The molecule has 4 heteroatoms. The highest BCUT2D eigenvalue weighted by atomic mass is 16.5. The van der Waals surface area contributed by atoms with Crippen LogP contribution < -0.4 is 10.5 Å². The molecule has 0 saturated carbocycles. The predicted octanol–water partition coefficient (Wildman–Crippen LogP) is 3.47. The van der Waals surface area contributed by atoms with E-state index in [1.54, 1.807) is 0 Å². The second-order valence-corrected chi connectivity index (χ2v) is 7.48. The van der Waals surface area contributed by atoms with E-state index in [-0.39, 0.29) is 11.9 Å². The lowest BCUT2D eigenvalue weighted by Gasteiger charge is -2.35. The van der Waals surface area contributed by atoms with Gasteiger partial charge in [-0.15, -0.1) is 0 Å². The van der Waals surface area contributed by atoms with Gasteiger partial charge in [-0.1, -0.05) is 19.9 Å². The molecule has 1 aromatic rings. The molecule has 134 valence electrons. The number of aryl methyl sites for hydroxylation is 1. The lowest BCUT2D eigenvalue weighted by molar-refractivity contribution is -0.139. The molecule has 24 heavy (non-hydrogen) atoms. The van der Waals surface area contributed by atoms with Crippen LogP contribution in [-0.4, -0.2) is 36.0 Å². The summed E-state index contributed by atoms with van der Waals surface area (Å²) < 4.78 is 5.92. The molecule has 2 rings (SSSR count). The van der Waals surface area contributed by atoms with Crippen molar-refractivity contribution in [3.63, 3.8) is 0 Å². The molecule has 1 fully saturated rings. The van der Waals surface area contributed by atoms with Gasteiger partial charge in [-0.2, -0.15) is 0 Å². The number of nitrogens with two attached hydrogens (primary N) is 1. The molecule has 3 atom stereocenters. The van der Waals surface area contributed by atoms with E-state index in [1.807, 2.05) is 30.9 Å². The molecule has 2 N–H and O–H groups in total. The minimum atomic E-state index is -0.471. The average Bonchev–Trinajstić information content (AvgIpc) is 2.53. The minimum Gasteiger partial charge on any atom is -0.481 e. The Kier molecular flexibility index (Phi) is 6.27. The lowest BCUT2D eigenvalue weighted by Crippen LogP contribution is -2.48. The van der Waals surface area contributed by atoms with Crippen molar-refractivity contribution < 1.29 is 9.53 Å². The first-order valence-corrected chi connectivity index (χ1v) is 9.11. The number of benzene rings is 1. The van der Waals surface area contributed by atoms with Crippen LogP contribution in [-0.2, 0) is 4.79 Å². The molecule has 0 aromatic heterocycles. The van der Waals surface area contributed by atoms with Crippen molar-refractivity contribution >= 4 is 5.91 Å². The van der Waals surface area contributed by atoms with Crippen LogP contribution in [0.25, 0.3) is 0 Å². The maximum atomic E-state index is 12.7. The largest absolute Gasteiger partial charge is 0.481 e. The van der Waals surface area contributed by atoms with Crippen molar-refractivity contribution in [1.82, 2.24) is 4.90 Å². The van der Waals surface area contributed by atoms with Crippen LogP contribution in [0.2, 0.25) is 0 Å². The zero-order valence-electron chi connectivity index (χ0n) is 15.7. The van der Waals surface area contributed by atoms with Gasteiger partial charge in [0, 0.05) is 19.1 Å². The number of ether oxygens (including phenoxy) is 1. The first-order valence-electron chi connectivity index (χ1n) is 9.11. The van der Waals surface area contributed by atoms with Crippen LogP contribution in [0.15, 0.2) is 18.2 Å². The quantitative estimate of drug-likeness (QED) is 0.898. The summed E-state index contributed by atoms with van der Waals surface area (Å²) in [5, 5.41) is 0. The Hall–Kier alpha value is -1.55. The third-order valence-corrected chi connectivity index (χ3v) is 5.04. The van der Waals surface area contributed by atoms with Gasteiger partial charge in [0.1, 0.15) is 5.75 Å². The van der Waals surface area contributed by atoms with Gasteiger partial charge in [0.15, 0.2) is 6.10 Å². The Labute approximate surface area is 146 Å². The second-order valence-electron chi connectivity index (χ2n) is 7.48. The predicted molar refractivity (Wildman–Crippen MR) is 98.3 cm³/mol. The second kappa shape index (κ2) is 8.02. The molecular weight excluding hydrogens is 300 g/mol. The number of rotatable bonds is 5. The molecule has 1 aliphatic heterocycles. The maximum Gasteiger partial charge on any atom is 0.263 e. The molecular formula is C20H32N2O2. The smallest absolute Gasteiger partial charge is 0.263 e. The number of likely N-dealkylation sites (tertiary alicyclic amines) is 1. The Morgan fingerprint density at radius 3 is 2.58 bits per heavy atom. The van der Waals surface area contributed by atoms with Crippen LogP contribution in [0.5, 0.6) is 5.75 Å². The van der Waals surface area contributed by atoms with E-state index < -0.39 is 6.10 Å². The first kappa shape index (κ1) is 18.8.